The lowest BCUT2D eigenvalue weighted by Crippen LogP contribution is -2.10. The van der Waals surface area contributed by atoms with E-state index < -0.39 is 0 Å². The number of aryl methyl sites for hydroxylation is 1. The molecule has 0 saturated carbocycles. The molecule has 0 saturated heterocycles. The summed E-state index contributed by atoms with van der Waals surface area (Å²) in [6.07, 6.45) is 0. The average molecular weight is 265 g/mol. The van der Waals surface area contributed by atoms with Gasteiger partial charge < -0.3 is 14.5 Å². The predicted octanol–water partition coefficient (Wildman–Crippen LogP) is 3.48. The molecule has 0 radical (unpaired) electrons. The van der Waals surface area contributed by atoms with E-state index >= 15 is 0 Å². The Morgan fingerprint density at radius 3 is 3.00 bits per heavy atom. The van der Waals surface area contributed by atoms with Crippen molar-refractivity contribution in [2.24, 2.45) is 0 Å². The molecule has 0 aromatic carbocycles. The number of nitrogens with one attached hydrogen (secondary N) is 1. The van der Waals surface area contributed by atoms with Crippen LogP contribution >= 0.6 is 11.3 Å². The van der Waals surface area contributed by atoms with Crippen molar-refractivity contribution in [3.05, 3.63) is 45.5 Å². The highest BCUT2D eigenvalue weighted by Gasteiger charge is 2.07. The SMILES string of the molecule is CCNCc1cc(COCc2cccs2)c(C)o1. The molecule has 98 valence electrons. The van der Waals surface area contributed by atoms with Gasteiger partial charge in [0, 0.05) is 10.4 Å². The smallest absolute Gasteiger partial charge is 0.118 e. The van der Waals surface area contributed by atoms with E-state index in [0.29, 0.717) is 13.2 Å². The van der Waals surface area contributed by atoms with E-state index in [1.807, 2.05) is 13.0 Å². The third kappa shape index (κ3) is 3.70. The maximum Gasteiger partial charge on any atom is 0.118 e. The van der Waals surface area contributed by atoms with Gasteiger partial charge in [-0.15, -0.1) is 11.3 Å². The fourth-order valence-corrected chi connectivity index (χ4v) is 2.36. The lowest BCUT2D eigenvalue weighted by molar-refractivity contribution is 0.108. The van der Waals surface area contributed by atoms with Crippen LogP contribution in [0.1, 0.15) is 28.9 Å². The van der Waals surface area contributed by atoms with E-state index in [-0.39, 0.29) is 0 Å². The summed E-state index contributed by atoms with van der Waals surface area (Å²) in [4.78, 5) is 1.25. The molecule has 1 N–H and O–H groups in total. The summed E-state index contributed by atoms with van der Waals surface area (Å²) in [5.41, 5.74) is 1.14. The van der Waals surface area contributed by atoms with E-state index in [9.17, 15) is 0 Å². The monoisotopic (exact) mass is 265 g/mol. The van der Waals surface area contributed by atoms with Crippen LogP contribution in [0.3, 0.4) is 0 Å². The normalized spacial score (nSPS) is 11.0. The van der Waals surface area contributed by atoms with Crippen LogP contribution in [0.25, 0.3) is 0 Å². The van der Waals surface area contributed by atoms with Gasteiger partial charge in [0.1, 0.15) is 11.5 Å². The van der Waals surface area contributed by atoms with E-state index in [1.165, 1.54) is 4.88 Å². The van der Waals surface area contributed by atoms with Crippen LogP contribution in [0.2, 0.25) is 0 Å². The van der Waals surface area contributed by atoms with Gasteiger partial charge in [-0.25, -0.2) is 0 Å². The summed E-state index contributed by atoms with van der Waals surface area (Å²) < 4.78 is 11.4. The number of hydrogen-bond acceptors (Lipinski definition) is 4. The molecule has 0 aliphatic carbocycles. The number of ether oxygens (including phenoxy) is 1. The maximum absolute atomic E-state index is 5.69. The molecule has 3 nitrogen and oxygen atoms in total. The molecule has 18 heavy (non-hydrogen) atoms. The Kier molecular flexibility index (Phi) is 4.99. The quantitative estimate of drug-likeness (QED) is 0.832. The molecule has 2 heterocycles. The zero-order valence-electron chi connectivity index (χ0n) is 10.9. The van der Waals surface area contributed by atoms with Gasteiger partial charge in [0.2, 0.25) is 0 Å². The van der Waals surface area contributed by atoms with Gasteiger partial charge >= 0.3 is 0 Å². The van der Waals surface area contributed by atoms with Crippen LogP contribution in [0.4, 0.5) is 0 Å². The standard InChI is InChI=1S/C14H19NO2S/c1-3-15-8-13-7-12(11(2)17-13)9-16-10-14-5-4-6-18-14/h4-7,15H,3,8-10H2,1-2H3. The highest BCUT2D eigenvalue weighted by Crippen LogP contribution is 2.17. The number of rotatable bonds is 7. The third-order valence-electron chi connectivity index (χ3n) is 2.70. The molecule has 2 aromatic heterocycles. The molecule has 0 aliphatic rings. The summed E-state index contributed by atoms with van der Waals surface area (Å²) in [6.45, 7) is 7.08. The predicted molar refractivity (Wildman–Crippen MR) is 73.6 cm³/mol. The lowest BCUT2D eigenvalue weighted by atomic mass is 10.2. The Balaban J connectivity index is 1.83. The largest absolute Gasteiger partial charge is 0.465 e. The highest BCUT2D eigenvalue weighted by atomic mass is 32.1. The van der Waals surface area contributed by atoms with Crippen molar-refractivity contribution >= 4 is 11.3 Å². The Labute approximate surface area is 112 Å². The highest BCUT2D eigenvalue weighted by molar-refractivity contribution is 7.09. The zero-order chi connectivity index (χ0) is 12.8. The average Bonchev–Trinajstić information content (AvgIpc) is 2.98. The maximum atomic E-state index is 5.69. The molecule has 0 aliphatic heterocycles. The number of thiophene rings is 1. The first-order valence-corrected chi connectivity index (χ1v) is 7.06. The summed E-state index contributed by atoms with van der Waals surface area (Å²) in [5, 5.41) is 5.32. The second-order valence-corrected chi connectivity index (χ2v) is 5.18. The Hall–Kier alpha value is -1.10. The minimum atomic E-state index is 0.610. The zero-order valence-corrected chi connectivity index (χ0v) is 11.7. The molecular formula is C14H19NO2S. The lowest BCUT2D eigenvalue weighted by Gasteiger charge is -2.00. The van der Waals surface area contributed by atoms with Gasteiger partial charge in [-0.1, -0.05) is 13.0 Å². The molecule has 0 atom stereocenters. The summed E-state index contributed by atoms with van der Waals surface area (Å²) in [5.74, 6) is 1.93. The Bertz CT molecular complexity index is 462. The van der Waals surface area contributed by atoms with Crippen molar-refractivity contribution in [2.45, 2.75) is 33.6 Å². The molecule has 2 aromatic rings. The van der Waals surface area contributed by atoms with Crippen LogP contribution in [-0.2, 0) is 24.5 Å². The van der Waals surface area contributed by atoms with Gasteiger partial charge in [0.05, 0.1) is 19.8 Å². The van der Waals surface area contributed by atoms with Crippen molar-refractivity contribution < 1.29 is 9.15 Å². The number of furan rings is 1. The van der Waals surface area contributed by atoms with Crippen LogP contribution in [0, 0.1) is 6.92 Å². The molecular weight excluding hydrogens is 246 g/mol. The minimum absolute atomic E-state index is 0.610. The molecule has 4 heteroatoms. The van der Waals surface area contributed by atoms with Crippen molar-refractivity contribution in [3.63, 3.8) is 0 Å². The molecule has 0 fully saturated rings. The summed E-state index contributed by atoms with van der Waals surface area (Å²) in [6, 6.07) is 6.21. The van der Waals surface area contributed by atoms with Gasteiger partial charge in [-0.05, 0) is 31.0 Å². The molecule has 0 spiro atoms. The second-order valence-electron chi connectivity index (χ2n) is 4.15. The summed E-state index contributed by atoms with van der Waals surface area (Å²) in [7, 11) is 0. The molecule has 2 rings (SSSR count). The van der Waals surface area contributed by atoms with Crippen LogP contribution in [-0.4, -0.2) is 6.54 Å². The van der Waals surface area contributed by atoms with E-state index in [2.05, 4.69) is 29.8 Å². The number of hydrogen-bond donors (Lipinski definition) is 1. The van der Waals surface area contributed by atoms with E-state index in [1.54, 1.807) is 11.3 Å². The van der Waals surface area contributed by atoms with Gasteiger partial charge in [-0.2, -0.15) is 0 Å². The van der Waals surface area contributed by atoms with Gasteiger partial charge in [0.25, 0.3) is 0 Å². The Morgan fingerprint density at radius 2 is 2.28 bits per heavy atom. The van der Waals surface area contributed by atoms with Crippen LogP contribution in [0.15, 0.2) is 28.0 Å². The minimum Gasteiger partial charge on any atom is -0.465 e. The van der Waals surface area contributed by atoms with Crippen LogP contribution < -0.4 is 5.32 Å². The molecule has 0 unspecified atom stereocenters. The van der Waals surface area contributed by atoms with Gasteiger partial charge in [0.15, 0.2) is 0 Å². The first-order valence-electron chi connectivity index (χ1n) is 6.18. The molecule has 0 amide bonds. The first-order chi connectivity index (χ1) is 8.79. The third-order valence-corrected chi connectivity index (χ3v) is 3.55. The van der Waals surface area contributed by atoms with Crippen molar-refractivity contribution in [1.82, 2.24) is 5.32 Å². The summed E-state index contributed by atoms with van der Waals surface area (Å²) >= 11 is 1.72. The van der Waals surface area contributed by atoms with Crippen molar-refractivity contribution in [3.8, 4) is 0 Å². The fraction of sp³-hybridized carbons (Fsp3) is 0.429. The fourth-order valence-electron chi connectivity index (χ4n) is 1.72. The molecule has 0 bridgehead atoms. The van der Waals surface area contributed by atoms with Crippen LogP contribution in [0.5, 0.6) is 0 Å². The first kappa shape index (κ1) is 13.3. The van der Waals surface area contributed by atoms with E-state index in [0.717, 1.165) is 30.2 Å². The topological polar surface area (TPSA) is 34.4 Å². The van der Waals surface area contributed by atoms with Crippen molar-refractivity contribution in [2.75, 3.05) is 6.54 Å². The Morgan fingerprint density at radius 1 is 1.39 bits per heavy atom. The van der Waals surface area contributed by atoms with E-state index in [4.69, 9.17) is 9.15 Å². The second kappa shape index (κ2) is 6.73. The van der Waals surface area contributed by atoms with Gasteiger partial charge in [-0.3, -0.25) is 0 Å². The van der Waals surface area contributed by atoms with Crippen molar-refractivity contribution in [1.29, 1.82) is 0 Å².